The highest BCUT2D eigenvalue weighted by Gasteiger charge is 2.09. The van der Waals surface area contributed by atoms with E-state index in [0.717, 1.165) is 15.4 Å². The maximum Gasteiger partial charge on any atom is 0.134 e. The number of nitrogens with zero attached hydrogens (tertiary/aromatic N) is 2. The molecule has 3 aromatic heterocycles. The van der Waals surface area contributed by atoms with Crippen LogP contribution in [0.4, 0.5) is 0 Å². The first-order valence-corrected chi connectivity index (χ1v) is 7.24. The third-order valence-corrected chi connectivity index (χ3v) is 5.06. The van der Waals surface area contributed by atoms with Gasteiger partial charge in [0.15, 0.2) is 0 Å². The van der Waals surface area contributed by atoms with Gasteiger partial charge >= 0.3 is 0 Å². The van der Waals surface area contributed by atoms with Crippen LogP contribution in [0, 0.1) is 0 Å². The van der Waals surface area contributed by atoms with E-state index in [9.17, 15) is 0 Å². The molecule has 0 atom stereocenters. The number of rotatable bonds is 1. The van der Waals surface area contributed by atoms with Crippen LogP contribution in [0.5, 0.6) is 0 Å². The second-order valence-corrected chi connectivity index (χ2v) is 6.06. The Morgan fingerprint density at radius 1 is 0.944 bits per heavy atom. The summed E-state index contributed by atoms with van der Waals surface area (Å²) in [6.45, 7) is 0. The maximum atomic E-state index is 4.68. The smallest absolute Gasteiger partial charge is 0.134 e. The van der Waals surface area contributed by atoms with Crippen LogP contribution in [0.3, 0.4) is 0 Å². The third-order valence-electron chi connectivity index (χ3n) is 2.80. The molecule has 0 aliphatic rings. The summed E-state index contributed by atoms with van der Waals surface area (Å²) in [5, 5.41) is 2.27. The summed E-state index contributed by atoms with van der Waals surface area (Å²) < 4.78 is 1.23. The summed E-state index contributed by atoms with van der Waals surface area (Å²) in [7, 11) is 0. The van der Waals surface area contributed by atoms with Crippen LogP contribution in [-0.2, 0) is 0 Å². The van der Waals surface area contributed by atoms with Crippen molar-refractivity contribution in [2.45, 2.75) is 0 Å². The lowest BCUT2D eigenvalue weighted by Gasteiger charge is -1.84. The van der Waals surface area contributed by atoms with Gasteiger partial charge in [0.25, 0.3) is 0 Å². The summed E-state index contributed by atoms with van der Waals surface area (Å²) in [5.41, 5.74) is 1.07. The normalized spacial score (nSPS) is 11.3. The van der Waals surface area contributed by atoms with Crippen molar-refractivity contribution in [1.29, 1.82) is 0 Å². The fourth-order valence-electron chi connectivity index (χ4n) is 1.96. The molecular weight excluding hydrogens is 260 g/mol. The largest absolute Gasteiger partial charge is 0.245 e. The van der Waals surface area contributed by atoms with Gasteiger partial charge < -0.3 is 0 Å². The Kier molecular flexibility index (Phi) is 2.18. The van der Waals surface area contributed by atoms with E-state index in [4.69, 9.17) is 0 Å². The summed E-state index contributed by atoms with van der Waals surface area (Å²) in [6, 6.07) is 14.5. The summed E-state index contributed by atoms with van der Waals surface area (Å²) in [4.78, 5) is 11.3. The molecule has 4 heteroatoms. The number of thiazole rings is 1. The highest BCUT2D eigenvalue weighted by molar-refractivity contribution is 7.27. The highest BCUT2D eigenvalue weighted by atomic mass is 32.1. The third kappa shape index (κ3) is 1.54. The Balaban J connectivity index is 1.95. The van der Waals surface area contributed by atoms with Crippen molar-refractivity contribution in [2.24, 2.45) is 0 Å². The molecule has 0 saturated carbocycles. The van der Waals surface area contributed by atoms with Crippen molar-refractivity contribution >= 4 is 43.1 Å². The molecular formula is C14H8N2S2. The molecule has 4 rings (SSSR count). The summed E-state index contributed by atoms with van der Waals surface area (Å²) in [5.74, 6) is 0. The minimum Gasteiger partial charge on any atom is -0.245 e. The Morgan fingerprint density at radius 2 is 1.89 bits per heavy atom. The first-order chi connectivity index (χ1) is 8.90. The molecule has 0 aliphatic carbocycles. The van der Waals surface area contributed by atoms with Crippen LogP contribution >= 0.6 is 22.7 Å². The monoisotopic (exact) mass is 268 g/mol. The van der Waals surface area contributed by atoms with Crippen molar-refractivity contribution < 1.29 is 0 Å². The Morgan fingerprint density at radius 3 is 2.78 bits per heavy atom. The number of para-hydroxylation sites is 1. The number of aromatic nitrogens is 2. The van der Waals surface area contributed by atoms with Gasteiger partial charge in [-0.25, -0.2) is 9.97 Å². The number of hydrogen-bond donors (Lipinski definition) is 0. The van der Waals surface area contributed by atoms with Gasteiger partial charge in [-0.05, 0) is 24.3 Å². The molecule has 3 heterocycles. The molecule has 2 nitrogen and oxygen atoms in total. The predicted molar refractivity (Wildman–Crippen MR) is 78.2 cm³/mol. The van der Waals surface area contributed by atoms with Crippen LogP contribution in [0.1, 0.15) is 0 Å². The zero-order chi connectivity index (χ0) is 11.9. The highest BCUT2D eigenvalue weighted by Crippen LogP contribution is 2.36. The van der Waals surface area contributed by atoms with E-state index in [0.29, 0.717) is 0 Å². The van der Waals surface area contributed by atoms with Crippen molar-refractivity contribution in [3.8, 4) is 9.88 Å². The molecule has 86 valence electrons. The second kappa shape index (κ2) is 3.86. The van der Waals surface area contributed by atoms with E-state index in [1.54, 1.807) is 22.7 Å². The standard InChI is InChI=1S/C14H8N2S2/c1-2-6-11-10(5-1)16-14(17-11)12-8-9-4-3-7-15-13(9)18-12/h1-8H. The number of thiophene rings is 1. The van der Waals surface area contributed by atoms with E-state index in [-0.39, 0.29) is 0 Å². The lowest BCUT2D eigenvalue weighted by molar-refractivity contribution is 1.45. The van der Waals surface area contributed by atoms with Gasteiger partial charge in [-0.2, -0.15) is 0 Å². The van der Waals surface area contributed by atoms with Crippen molar-refractivity contribution in [2.75, 3.05) is 0 Å². The predicted octanol–water partition coefficient (Wildman–Crippen LogP) is 4.57. The first-order valence-electron chi connectivity index (χ1n) is 5.61. The molecule has 0 radical (unpaired) electrons. The zero-order valence-electron chi connectivity index (χ0n) is 9.33. The molecule has 18 heavy (non-hydrogen) atoms. The Labute approximate surface area is 112 Å². The van der Waals surface area contributed by atoms with Crippen molar-refractivity contribution in [3.05, 3.63) is 48.7 Å². The average molecular weight is 268 g/mol. The van der Waals surface area contributed by atoms with Gasteiger partial charge in [-0.3, -0.25) is 0 Å². The van der Waals surface area contributed by atoms with Crippen molar-refractivity contribution in [3.63, 3.8) is 0 Å². The maximum absolute atomic E-state index is 4.68. The molecule has 0 unspecified atom stereocenters. The van der Waals surface area contributed by atoms with Crippen LogP contribution in [-0.4, -0.2) is 9.97 Å². The molecule has 1 aromatic carbocycles. The van der Waals surface area contributed by atoms with E-state index in [1.165, 1.54) is 15.0 Å². The molecule has 0 amide bonds. The van der Waals surface area contributed by atoms with Crippen molar-refractivity contribution in [1.82, 2.24) is 9.97 Å². The number of pyridine rings is 1. The topological polar surface area (TPSA) is 25.8 Å². The number of hydrogen-bond acceptors (Lipinski definition) is 4. The number of benzene rings is 1. The van der Waals surface area contributed by atoms with Crippen LogP contribution < -0.4 is 0 Å². The van der Waals surface area contributed by atoms with Gasteiger partial charge in [0, 0.05) is 11.6 Å². The SMILES string of the molecule is c1cnc2sc(-c3nc4ccccc4s3)cc2c1. The van der Waals surface area contributed by atoms with E-state index < -0.39 is 0 Å². The Bertz CT molecular complexity index is 707. The zero-order valence-corrected chi connectivity index (χ0v) is 11.0. The van der Waals surface area contributed by atoms with Crippen LogP contribution in [0.25, 0.3) is 30.3 Å². The van der Waals surface area contributed by atoms with Gasteiger partial charge in [0.05, 0.1) is 15.1 Å². The number of fused-ring (bicyclic) bond motifs is 2. The fourth-order valence-corrected chi connectivity index (χ4v) is 3.97. The summed E-state index contributed by atoms with van der Waals surface area (Å²) >= 11 is 3.44. The summed E-state index contributed by atoms with van der Waals surface area (Å²) in [6.07, 6.45) is 1.83. The van der Waals surface area contributed by atoms with E-state index >= 15 is 0 Å². The molecule has 0 bridgehead atoms. The van der Waals surface area contributed by atoms with Gasteiger partial charge in [-0.15, -0.1) is 22.7 Å². The molecule has 0 N–H and O–H groups in total. The molecule has 0 fully saturated rings. The fraction of sp³-hybridized carbons (Fsp3) is 0. The van der Waals surface area contributed by atoms with E-state index in [2.05, 4.69) is 40.3 Å². The molecule has 4 aromatic rings. The minimum absolute atomic E-state index is 1.07. The lowest BCUT2D eigenvalue weighted by atomic mass is 10.3. The quantitative estimate of drug-likeness (QED) is 0.505. The van der Waals surface area contributed by atoms with E-state index in [1.807, 2.05) is 18.3 Å². The minimum atomic E-state index is 1.07. The molecule has 0 aliphatic heterocycles. The van der Waals surface area contributed by atoms with Crippen LogP contribution in [0.2, 0.25) is 0 Å². The second-order valence-electron chi connectivity index (χ2n) is 4.00. The Hall–Kier alpha value is -1.78. The van der Waals surface area contributed by atoms with Gasteiger partial charge in [0.2, 0.25) is 0 Å². The lowest BCUT2D eigenvalue weighted by Crippen LogP contribution is -1.67. The molecule has 0 spiro atoms. The van der Waals surface area contributed by atoms with Gasteiger partial charge in [-0.1, -0.05) is 18.2 Å². The average Bonchev–Trinajstić information content (AvgIpc) is 3.02. The molecule has 0 saturated heterocycles. The van der Waals surface area contributed by atoms with Crippen LogP contribution in [0.15, 0.2) is 48.7 Å². The van der Waals surface area contributed by atoms with Gasteiger partial charge in [0.1, 0.15) is 9.84 Å². The first kappa shape index (κ1) is 10.2.